The molecule has 0 bridgehead atoms. The Balaban J connectivity index is 2.28. The molecule has 0 saturated carbocycles. The van der Waals surface area contributed by atoms with Crippen LogP contribution in [0.5, 0.6) is 0 Å². The van der Waals surface area contributed by atoms with E-state index in [9.17, 15) is 4.79 Å². The Morgan fingerprint density at radius 2 is 2.38 bits per heavy atom. The van der Waals surface area contributed by atoms with Crippen molar-refractivity contribution in [1.29, 1.82) is 0 Å². The second-order valence-corrected chi connectivity index (χ2v) is 4.06. The third kappa shape index (κ3) is 2.09. The minimum atomic E-state index is -0.225. The summed E-state index contributed by atoms with van der Waals surface area (Å²) in [5.41, 5.74) is 3.21. The molecule has 86 valence electrons. The number of hydrogen-bond acceptors (Lipinski definition) is 3. The zero-order valence-corrected chi connectivity index (χ0v) is 9.75. The van der Waals surface area contributed by atoms with Crippen LogP contribution >= 0.6 is 0 Å². The van der Waals surface area contributed by atoms with E-state index in [2.05, 4.69) is 12.2 Å². The van der Waals surface area contributed by atoms with Gasteiger partial charge in [0.15, 0.2) is 0 Å². The first kappa shape index (κ1) is 11.1. The van der Waals surface area contributed by atoms with Crippen LogP contribution in [0.15, 0.2) is 18.2 Å². The molecule has 0 fully saturated rings. The second-order valence-electron chi connectivity index (χ2n) is 4.06. The molecule has 1 aromatic carbocycles. The van der Waals surface area contributed by atoms with Gasteiger partial charge in [0.1, 0.15) is 0 Å². The number of carbonyl (C=O) groups is 1. The van der Waals surface area contributed by atoms with Gasteiger partial charge in [0, 0.05) is 6.04 Å². The molecular weight excluding hydrogens is 202 g/mol. The quantitative estimate of drug-likeness (QED) is 0.774. The molecule has 1 heterocycles. The molecule has 1 N–H and O–H groups in total. The monoisotopic (exact) mass is 219 g/mol. The van der Waals surface area contributed by atoms with Crippen molar-refractivity contribution < 1.29 is 9.53 Å². The van der Waals surface area contributed by atoms with Gasteiger partial charge in [-0.25, -0.2) is 4.79 Å². The van der Waals surface area contributed by atoms with Crippen LogP contribution in [0.3, 0.4) is 0 Å². The van der Waals surface area contributed by atoms with Crippen molar-refractivity contribution in [2.45, 2.75) is 26.3 Å². The third-order valence-electron chi connectivity index (χ3n) is 2.97. The fourth-order valence-corrected chi connectivity index (χ4v) is 2.12. The zero-order valence-electron chi connectivity index (χ0n) is 9.75. The Morgan fingerprint density at radius 1 is 1.56 bits per heavy atom. The Labute approximate surface area is 95.8 Å². The van der Waals surface area contributed by atoms with Crippen LogP contribution in [0.1, 0.15) is 41.4 Å². The zero-order chi connectivity index (χ0) is 11.5. The lowest BCUT2D eigenvalue weighted by Gasteiger charge is -2.24. The van der Waals surface area contributed by atoms with E-state index in [1.807, 2.05) is 25.1 Å². The summed E-state index contributed by atoms with van der Waals surface area (Å²) in [5.74, 6) is -0.225. The van der Waals surface area contributed by atoms with Crippen LogP contribution in [0.2, 0.25) is 0 Å². The molecule has 0 spiro atoms. The largest absolute Gasteiger partial charge is 0.462 e. The predicted molar refractivity (Wildman–Crippen MR) is 62.5 cm³/mol. The maximum absolute atomic E-state index is 11.6. The number of carbonyl (C=O) groups excluding carboxylic acids is 1. The molecule has 1 aliphatic rings. The van der Waals surface area contributed by atoms with Crippen LogP contribution in [0, 0.1) is 0 Å². The summed E-state index contributed by atoms with van der Waals surface area (Å²) >= 11 is 0. The molecule has 3 nitrogen and oxygen atoms in total. The summed E-state index contributed by atoms with van der Waals surface area (Å²) in [7, 11) is 0. The van der Waals surface area contributed by atoms with E-state index in [4.69, 9.17) is 4.74 Å². The fraction of sp³-hybridized carbons (Fsp3) is 0.462. The van der Waals surface area contributed by atoms with Crippen molar-refractivity contribution in [2.24, 2.45) is 0 Å². The third-order valence-corrected chi connectivity index (χ3v) is 2.97. The maximum Gasteiger partial charge on any atom is 0.338 e. The Bertz CT molecular complexity index is 401. The highest BCUT2D eigenvalue weighted by Crippen LogP contribution is 2.23. The van der Waals surface area contributed by atoms with Gasteiger partial charge in [-0.2, -0.15) is 0 Å². The van der Waals surface area contributed by atoms with Crippen molar-refractivity contribution in [2.75, 3.05) is 13.2 Å². The molecule has 1 atom stereocenters. The average molecular weight is 219 g/mol. The van der Waals surface area contributed by atoms with Gasteiger partial charge in [0.2, 0.25) is 0 Å². The molecule has 2 rings (SSSR count). The van der Waals surface area contributed by atoms with Gasteiger partial charge in [-0.15, -0.1) is 0 Å². The number of nitrogens with one attached hydrogen (secondary N) is 1. The van der Waals surface area contributed by atoms with E-state index in [1.54, 1.807) is 0 Å². The highest BCUT2D eigenvalue weighted by atomic mass is 16.5. The van der Waals surface area contributed by atoms with E-state index >= 15 is 0 Å². The van der Waals surface area contributed by atoms with E-state index in [1.165, 1.54) is 11.1 Å². The number of rotatable bonds is 2. The SMILES string of the molecule is CCOC(=O)c1ccc2c(c1)CCNC2C. The Kier molecular flexibility index (Phi) is 3.25. The Hall–Kier alpha value is -1.35. The van der Waals surface area contributed by atoms with Gasteiger partial charge in [-0.3, -0.25) is 0 Å². The number of ether oxygens (including phenoxy) is 1. The van der Waals surface area contributed by atoms with Crippen LogP contribution in [0.4, 0.5) is 0 Å². The average Bonchev–Trinajstić information content (AvgIpc) is 2.29. The van der Waals surface area contributed by atoms with Crippen LogP contribution in [0.25, 0.3) is 0 Å². The number of esters is 1. The van der Waals surface area contributed by atoms with Gasteiger partial charge in [0.25, 0.3) is 0 Å². The smallest absolute Gasteiger partial charge is 0.338 e. The molecule has 0 amide bonds. The van der Waals surface area contributed by atoms with Gasteiger partial charge in [-0.05, 0) is 50.1 Å². The van der Waals surface area contributed by atoms with E-state index in [-0.39, 0.29) is 5.97 Å². The predicted octanol–water partition coefficient (Wildman–Crippen LogP) is 2.07. The summed E-state index contributed by atoms with van der Waals surface area (Å²) in [6, 6.07) is 6.21. The van der Waals surface area contributed by atoms with E-state index in [0.29, 0.717) is 18.2 Å². The highest BCUT2D eigenvalue weighted by molar-refractivity contribution is 5.89. The summed E-state index contributed by atoms with van der Waals surface area (Å²) < 4.78 is 4.99. The molecule has 1 aliphatic heterocycles. The number of fused-ring (bicyclic) bond motifs is 1. The first-order valence-corrected chi connectivity index (χ1v) is 5.75. The topological polar surface area (TPSA) is 38.3 Å². The molecule has 0 aromatic heterocycles. The summed E-state index contributed by atoms with van der Waals surface area (Å²) in [5, 5.41) is 3.40. The second kappa shape index (κ2) is 4.66. The molecule has 0 saturated heterocycles. The van der Waals surface area contributed by atoms with Crippen LogP contribution in [-0.4, -0.2) is 19.1 Å². The Morgan fingerprint density at radius 3 is 3.12 bits per heavy atom. The van der Waals surface area contributed by atoms with Crippen molar-refractivity contribution >= 4 is 5.97 Å². The summed E-state index contributed by atoms with van der Waals surface area (Å²) in [4.78, 5) is 11.6. The lowest BCUT2D eigenvalue weighted by molar-refractivity contribution is 0.0526. The molecule has 16 heavy (non-hydrogen) atoms. The van der Waals surface area contributed by atoms with Gasteiger partial charge in [0.05, 0.1) is 12.2 Å². The fourth-order valence-electron chi connectivity index (χ4n) is 2.12. The lowest BCUT2D eigenvalue weighted by atomic mass is 9.93. The lowest BCUT2D eigenvalue weighted by Crippen LogP contribution is -2.28. The normalized spacial score (nSPS) is 19.0. The first-order chi connectivity index (χ1) is 7.72. The van der Waals surface area contributed by atoms with Crippen molar-refractivity contribution in [3.05, 3.63) is 34.9 Å². The first-order valence-electron chi connectivity index (χ1n) is 5.75. The highest BCUT2D eigenvalue weighted by Gasteiger charge is 2.17. The standard InChI is InChI=1S/C13H17NO2/c1-3-16-13(15)11-4-5-12-9(2)14-7-6-10(12)8-11/h4-5,8-9,14H,3,6-7H2,1-2H3. The van der Waals surface area contributed by atoms with Gasteiger partial charge in [-0.1, -0.05) is 6.07 Å². The van der Waals surface area contributed by atoms with Gasteiger partial charge < -0.3 is 10.1 Å². The molecule has 1 unspecified atom stereocenters. The molecular formula is C13H17NO2. The van der Waals surface area contributed by atoms with Gasteiger partial charge >= 0.3 is 5.97 Å². The summed E-state index contributed by atoms with van der Waals surface area (Å²) in [6.45, 7) is 5.36. The maximum atomic E-state index is 11.6. The number of benzene rings is 1. The van der Waals surface area contributed by atoms with Crippen molar-refractivity contribution in [3.8, 4) is 0 Å². The van der Waals surface area contributed by atoms with Crippen LogP contribution in [-0.2, 0) is 11.2 Å². The minimum absolute atomic E-state index is 0.225. The van der Waals surface area contributed by atoms with E-state index < -0.39 is 0 Å². The molecule has 0 radical (unpaired) electrons. The van der Waals surface area contributed by atoms with Crippen LogP contribution < -0.4 is 5.32 Å². The molecule has 0 aliphatic carbocycles. The molecule has 1 aromatic rings. The minimum Gasteiger partial charge on any atom is -0.462 e. The number of hydrogen-bond donors (Lipinski definition) is 1. The molecule has 3 heteroatoms. The van der Waals surface area contributed by atoms with Crippen molar-refractivity contribution in [3.63, 3.8) is 0 Å². The van der Waals surface area contributed by atoms with Crippen molar-refractivity contribution in [1.82, 2.24) is 5.32 Å². The summed E-state index contributed by atoms with van der Waals surface area (Å²) in [6.07, 6.45) is 0.979. The van der Waals surface area contributed by atoms with E-state index in [0.717, 1.165) is 13.0 Å².